The molecule has 26 heavy (non-hydrogen) atoms. The largest absolute Gasteiger partial charge is 0.494 e. The fourth-order valence-corrected chi connectivity index (χ4v) is 2.32. The Kier molecular flexibility index (Phi) is 10.8. The average Bonchev–Trinajstić information content (AvgIpc) is 3.02. The zero-order valence-corrected chi connectivity index (χ0v) is 18.2. The van der Waals surface area contributed by atoms with Gasteiger partial charge in [0, 0.05) is 26.3 Å². The van der Waals surface area contributed by atoms with E-state index in [4.69, 9.17) is 4.74 Å². The summed E-state index contributed by atoms with van der Waals surface area (Å²) in [5.74, 6) is 1.77. The van der Waals surface area contributed by atoms with Crippen molar-refractivity contribution in [3.8, 4) is 5.75 Å². The number of aliphatic imine (C=N–C) groups is 1. The molecular weight excluding hydrogens is 441 g/mol. The minimum absolute atomic E-state index is 0. The van der Waals surface area contributed by atoms with Crippen LogP contribution in [0.4, 0.5) is 0 Å². The molecule has 0 aliphatic heterocycles. The van der Waals surface area contributed by atoms with E-state index in [0.29, 0.717) is 6.54 Å². The Morgan fingerprint density at radius 2 is 1.92 bits per heavy atom. The fraction of sp³-hybridized carbons (Fsp3) is 0.474. The molecule has 2 rings (SSSR count). The maximum atomic E-state index is 5.74. The number of halogens is 1. The second-order valence-corrected chi connectivity index (χ2v) is 5.94. The molecular formula is C19H30IN5O. The lowest BCUT2D eigenvalue weighted by Gasteiger charge is -2.11. The van der Waals surface area contributed by atoms with Crippen LogP contribution in [0.25, 0.3) is 0 Å². The maximum Gasteiger partial charge on any atom is 0.191 e. The molecule has 0 unspecified atom stereocenters. The van der Waals surface area contributed by atoms with E-state index >= 15 is 0 Å². The molecule has 1 aromatic carbocycles. The van der Waals surface area contributed by atoms with Gasteiger partial charge in [-0.3, -0.25) is 4.68 Å². The summed E-state index contributed by atoms with van der Waals surface area (Å²) in [6.45, 7) is 7.20. The highest BCUT2D eigenvalue weighted by Gasteiger charge is 2.00. The Hall–Kier alpha value is -1.77. The molecule has 0 fully saturated rings. The molecule has 2 aromatic rings. The van der Waals surface area contributed by atoms with Crippen LogP contribution >= 0.6 is 24.0 Å². The summed E-state index contributed by atoms with van der Waals surface area (Å²) in [7, 11) is 1.93. The van der Waals surface area contributed by atoms with Gasteiger partial charge in [0.15, 0.2) is 5.96 Å². The Morgan fingerprint density at radius 3 is 2.58 bits per heavy atom. The van der Waals surface area contributed by atoms with Crippen molar-refractivity contribution in [3.63, 3.8) is 0 Å². The van der Waals surface area contributed by atoms with Gasteiger partial charge < -0.3 is 15.4 Å². The molecule has 2 N–H and O–H groups in total. The number of benzene rings is 1. The van der Waals surface area contributed by atoms with Crippen molar-refractivity contribution in [2.75, 3.05) is 19.7 Å². The highest BCUT2D eigenvalue weighted by Crippen LogP contribution is 2.11. The molecule has 0 amide bonds. The van der Waals surface area contributed by atoms with E-state index in [-0.39, 0.29) is 24.0 Å². The fourth-order valence-electron chi connectivity index (χ4n) is 2.32. The van der Waals surface area contributed by atoms with Gasteiger partial charge in [0.25, 0.3) is 0 Å². The molecule has 6 nitrogen and oxygen atoms in total. The lowest BCUT2D eigenvalue weighted by Crippen LogP contribution is -2.37. The standard InChI is InChI=1S/C19H29N5O.HI/c1-4-20-19(22-15-17-11-13-23-24(17)3)21-12-5-6-14-25-18-9-7-16(2)8-10-18;/h7-11,13H,4-6,12,14-15H2,1-3H3,(H2,20,21,22);1H. The number of rotatable bonds is 9. The van der Waals surface area contributed by atoms with Crippen LogP contribution in [-0.2, 0) is 13.6 Å². The first-order valence-electron chi connectivity index (χ1n) is 8.87. The summed E-state index contributed by atoms with van der Waals surface area (Å²) < 4.78 is 7.58. The van der Waals surface area contributed by atoms with Crippen molar-refractivity contribution in [1.82, 2.24) is 20.4 Å². The molecule has 0 saturated carbocycles. The number of aryl methyl sites for hydroxylation is 2. The van der Waals surface area contributed by atoms with E-state index in [1.165, 1.54) is 5.56 Å². The summed E-state index contributed by atoms with van der Waals surface area (Å²) in [6.07, 6.45) is 3.82. The predicted molar refractivity (Wildman–Crippen MR) is 117 cm³/mol. The lowest BCUT2D eigenvalue weighted by atomic mass is 10.2. The van der Waals surface area contributed by atoms with E-state index in [0.717, 1.165) is 49.9 Å². The number of hydrogen-bond acceptors (Lipinski definition) is 3. The number of aromatic nitrogens is 2. The molecule has 7 heteroatoms. The molecule has 0 aliphatic carbocycles. The number of guanidine groups is 1. The van der Waals surface area contributed by atoms with Gasteiger partial charge in [-0.05, 0) is 44.9 Å². The number of ether oxygens (including phenoxy) is 1. The first kappa shape index (κ1) is 22.3. The second-order valence-electron chi connectivity index (χ2n) is 5.94. The van der Waals surface area contributed by atoms with Gasteiger partial charge in [-0.1, -0.05) is 17.7 Å². The number of nitrogens with zero attached hydrogens (tertiary/aromatic N) is 3. The third-order valence-corrected chi connectivity index (χ3v) is 3.82. The van der Waals surface area contributed by atoms with Gasteiger partial charge in [0.05, 0.1) is 18.8 Å². The van der Waals surface area contributed by atoms with Crippen LogP contribution in [0.1, 0.15) is 31.0 Å². The first-order valence-corrected chi connectivity index (χ1v) is 8.87. The third kappa shape index (κ3) is 8.07. The molecule has 1 heterocycles. The summed E-state index contributed by atoms with van der Waals surface area (Å²) in [5, 5.41) is 10.8. The Bertz CT molecular complexity index is 654. The quantitative estimate of drug-likeness (QED) is 0.255. The molecule has 0 spiro atoms. The van der Waals surface area contributed by atoms with Crippen LogP contribution in [0.2, 0.25) is 0 Å². The Labute approximate surface area is 173 Å². The number of unbranched alkanes of at least 4 members (excludes halogenated alkanes) is 1. The summed E-state index contributed by atoms with van der Waals surface area (Å²) in [6, 6.07) is 10.1. The summed E-state index contributed by atoms with van der Waals surface area (Å²) in [5.41, 5.74) is 2.33. The zero-order chi connectivity index (χ0) is 17.9. The van der Waals surface area contributed by atoms with Crippen LogP contribution < -0.4 is 15.4 Å². The van der Waals surface area contributed by atoms with Crippen molar-refractivity contribution < 1.29 is 4.74 Å². The minimum Gasteiger partial charge on any atom is -0.494 e. The van der Waals surface area contributed by atoms with Gasteiger partial charge in [-0.2, -0.15) is 5.10 Å². The van der Waals surface area contributed by atoms with Gasteiger partial charge in [-0.25, -0.2) is 4.99 Å². The normalized spacial score (nSPS) is 11.0. The van der Waals surface area contributed by atoms with Crippen molar-refractivity contribution in [3.05, 3.63) is 47.8 Å². The highest BCUT2D eigenvalue weighted by molar-refractivity contribution is 14.0. The average molecular weight is 471 g/mol. The third-order valence-electron chi connectivity index (χ3n) is 3.82. The molecule has 144 valence electrons. The summed E-state index contributed by atoms with van der Waals surface area (Å²) in [4.78, 5) is 4.59. The topological polar surface area (TPSA) is 63.5 Å². The van der Waals surface area contributed by atoms with Crippen molar-refractivity contribution in [1.29, 1.82) is 0 Å². The lowest BCUT2D eigenvalue weighted by molar-refractivity contribution is 0.307. The van der Waals surface area contributed by atoms with E-state index in [1.807, 2.05) is 29.9 Å². The van der Waals surface area contributed by atoms with Crippen molar-refractivity contribution in [2.24, 2.45) is 12.0 Å². The molecule has 0 radical (unpaired) electrons. The number of nitrogens with one attached hydrogen (secondary N) is 2. The van der Waals surface area contributed by atoms with Gasteiger partial charge >= 0.3 is 0 Å². The predicted octanol–water partition coefficient (Wildman–Crippen LogP) is 3.26. The zero-order valence-electron chi connectivity index (χ0n) is 15.9. The van der Waals surface area contributed by atoms with Crippen molar-refractivity contribution in [2.45, 2.75) is 33.2 Å². The number of hydrogen-bond donors (Lipinski definition) is 2. The molecule has 1 aromatic heterocycles. The molecule has 0 aliphatic rings. The van der Waals surface area contributed by atoms with E-state index in [9.17, 15) is 0 Å². The van der Waals surface area contributed by atoms with Gasteiger partial charge in [0.2, 0.25) is 0 Å². The smallest absolute Gasteiger partial charge is 0.191 e. The highest BCUT2D eigenvalue weighted by atomic mass is 127. The van der Waals surface area contributed by atoms with Crippen LogP contribution in [0.3, 0.4) is 0 Å². The molecule has 0 saturated heterocycles. The van der Waals surface area contributed by atoms with Crippen molar-refractivity contribution >= 4 is 29.9 Å². The Morgan fingerprint density at radius 1 is 1.15 bits per heavy atom. The Balaban J connectivity index is 0.00000338. The maximum absolute atomic E-state index is 5.74. The van der Waals surface area contributed by atoms with Crippen LogP contribution in [0.5, 0.6) is 5.75 Å². The monoisotopic (exact) mass is 471 g/mol. The van der Waals surface area contributed by atoms with E-state index < -0.39 is 0 Å². The van der Waals surface area contributed by atoms with Crippen LogP contribution in [-0.4, -0.2) is 35.4 Å². The summed E-state index contributed by atoms with van der Waals surface area (Å²) >= 11 is 0. The van der Waals surface area contributed by atoms with E-state index in [1.54, 1.807) is 6.20 Å². The first-order chi connectivity index (χ1) is 12.2. The van der Waals surface area contributed by atoms with E-state index in [2.05, 4.69) is 46.7 Å². The van der Waals surface area contributed by atoms with Gasteiger partial charge in [-0.15, -0.1) is 24.0 Å². The second kappa shape index (κ2) is 12.6. The minimum atomic E-state index is 0. The van der Waals surface area contributed by atoms with Crippen LogP contribution in [0, 0.1) is 6.92 Å². The molecule has 0 bridgehead atoms. The SMILES string of the molecule is CCNC(=NCc1ccnn1C)NCCCCOc1ccc(C)cc1.I. The van der Waals surface area contributed by atoms with Crippen LogP contribution in [0.15, 0.2) is 41.5 Å². The molecule has 0 atom stereocenters. The van der Waals surface area contributed by atoms with Gasteiger partial charge in [0.1, 0.15) is 5.75 Å².